The molecule has 0 unspecified atom stereocenters. The normalized spacial score (nSPS) is 17.7. The molecule has 0 saturated carbocycles. The summed E-state index contributed by atoms with van der Waals surface area (Å²) in [7, 11) is 0. The molecular formula is C24H22FN5O3. The van der Waals surface area contributed by atoms with E-state index in [-0.39, 0.29) is 29.5 Å². The molecular weight excluding hydrogens is 425 g/mol. The number of benzene rings is 1. The van der Waals surface area contributed by atoms with Crippen molar-refractivity contribution in [3.8, 4) is 0 Å². The molecule has 1 fully saturated rings. The molecule has 0 radical (unpaired) electrons. The number of H-pyrrole nitrogens is 1. The van der Waals surface area contributed by atoms with Crippen LogP contribution in [0.4, 0.5) is 4.39 Å². The Morgan fingerprint density at radius 1 is 1.06 bits per heavy atom. The number of nitrogens with zero attached hydrogens (tertiary/aromatic N) is 4. The molecule has 2 aromatic heterocycles. The molecule has 0 spiro atoms. The number of carbonyl (C=O) groups excluding carboxylic acids is 2. The van der Waals surface area contributed by atoms with Gasteiger partial charge in [-0.3, -0.25) is 19.4 Å². The van der Waals surface area contributed by atoms with E-state index in [0.29, 0.717) is 48.6 Å². The van der Waals surface area contributed by atoms with E-state index in [9.17, 15) is 18.8 Å². The number of likely N-dealkylation sites (tertiary alicyclic amines) is 1. The molecule has 8 nitrogen and oxygen atoms in total. The second kappa shape index (κ2) is 8.57. The Morgan fingerprint density at radius 2 is 1.88 bits per heavy atom. The fraction of sp³-hybridized carbons (Fsp3) is 0.292. The van der Waals surface area contributed by atoms with E-state index in [1.54, 1.807) is 40.4 Å². The van der Waals surface area contributed by atoms with E-state index in [1.165, 1.54) is 18.2 Å². The van der Waals surface area contributed by atoms with Gasteiger partial charge in [-0.15, -0.1) is 0 Å². The van der Waals surface area contributed by atoms with Crippen molar-refractivity contribution < 1.29 is 14.0 Å². The third-order valence-corrected chi connectivity index (χ3v) is 6.21. The van der Waals surface area contributed by atoms with Crippen molar-refractivity contribution in [3.05, 3.63) is 93.2 Å². The Kier molecular flexibility index (Phi) is 5.45. The Labute approximate surface area is 189 Å². The summed E-state index contributed by atoms with van der Waals surface area (Å²) < 4.78 is 13.6. The molecule has 9 heteroatoms. The Hall–Kier alpha value is -3.88. The molecule has 1 aromatic carbocycles. The fourth-order valence-electron chi connectivity index (χ4n) is 4.55. The van der Waals surface area contributed by atoms with Gasteiger partial charge in [0.2, 0.25) is 0 Å². The summed E-state index contributed by atoms with van der Waals surface area (Å²) in [5, 5.41) is 0. The number of amides is 2. The van der Waals surface area contributed by atoms with Crippen molar-refractivity contribution in [1.82, 2.24) is 24.8 Å². The lowest BCUT2D eigenvalue weighted by atomic mass is 10.0. The van der Waals surface area contributed by atoms with Crippen LogP contribution in [0.1, 0.15) is 56.7 Å². The third-order valence-electron chi connectivity index (χ3n) is 6.21. The van der Waals surface area contributed by atoms with E-state index < -0.39 is 11.9 Å². The van der Waals surface area contributed by atoms with Crippen molar-refractivity contribution in [2.24, 2.45) is 0 Å². The lowest BCUT2D eigenvalue weighted by Crippen LogP contribution is -2.40. The fourth-order valence-corrected chi connectivity index (χ4v) is 4.55. The number of pyridine rings is 1. The molecule has 0 aliphatic carbocycles. The van der Waals surface area contributed by atoms with Gasteiger partial charge in [0.15, 0.2) is 0 Å². The van der Waals surface area contributed by atoms with E-state index in [2.05, 4.69) is 9.97 Å². The minimum Gasteiger partial charge on any atom is -0.332 e. The van der Waals surface area contributed by atoms with Gasteiger partial charge in [-0.2, -0.15) is 0 Å². The van der Waals surface area contributed by atoms with Gasteiger partial charge >= 0.3 is 0 Å². The summed E-state index contributed by atoms with van der Waals surface area (Å²) in [6, 6.07) is 8.48. The van der Waals surface area contributed by atoms with Gasteiger partial charge in [0.05, 0.1) is 18.3 Å². The molecule has 5 rings (SSSR count). The molecule has 4 heterocycles. The second-order valence-electron chi connectivity index (χ2n) is 8.26. The van der Waals surface area contributed by atoms with Gasteiger partial charge in [-0.1, -0.05) is 6.07 Å². The van der Waals surface area contributed by atoms with Crippen molar-refractivity contribution >= 4 is 11.8 Å². The van der Waals surface area contributed by atoms with Crippen LogP contribution in [-0.4, -0.2) is 49.7 Å². The average molecular weight is 447 g/mol. The van der Waals surface area contributed by atoms with Crippen molar-refractivity contribution in [2.75, 3.05) is 13.1 Å². The second-order valence-corrected chi connectivity index (χ2v) is 8.26. The average Bonchev–Trinajstić information content (AvgIpc) is 3.33. The minimum absolute atomic E-state index is 0.143. The van der Waals surface area contributed by atoms with Crippen LogP contribution in [0.25, 0.3) is 0 Å². The number of carbonyl (C=O) groups is 2. The predicted octanol–water partition coefficient (Wildman–Crippen LogP) is 2.48. The predicted molar refractivity (Wildman–Crippen MR) is 117 cm³/mol. The van der Waals surface area contributed by atoms with Crippen molar-refractivity contribution in [2.45, 2.75) is 31.8 Å². The summed E-state index contributed by atoms with van der Waals surface area (Å²) in [4.78, 5) is 53.5. The number of hydrogen-bond donors (Lipinski definition) is 1. The first-order valence-corrected chi connectivity index (χ1v) is 10.9. The molecule has 1 N–H and O–H groups in total. The number of nitrogens with one attached hydrogen (secondary N) is 1. The highest BCUT2D eigenvalue weighted by Gasteiger charge is 2.34. The van der Waals surface area contributed by atoms with Crippen molar-refractivity contribution in [3.63, 3.8) is 0 Å². The van der Waals surface area contributed by atoms with Gasteiger partial charge in [0.25, 0.3) is 17.4 Å². The van der Waals surface area contributed by atoms with Crippen LogP contribution < -0.4 is 5.56 Å². The van der Waals surface area contributed by atoms with Crippen LogP contribution in [0.2, 0.25) is 0 Å². The first-order chi connectivity index (χ1) is 16.0. The molecule has 0 bridgehead atoms. The topological polar surface area (TPSA) is 99.3 Å². The molecule has 1 saturated heterocycles. The maximum absolute atomic E-state index is 13.6. The standard InChI is InChI=1S/C24H22FN5O3/c25-17-4-1-3-16(13-17)24(33)30-11-2-5-20(30)21-27-19-14-29(12-8-18(19)22(31)28-21)23(32)15-6-9-26-10-7-15/h1,3-4,6-7,9-10,13,20H,2,5,8,11-12,14H2,(H,27,28,31)/t20-/m1/s1. The lowest BCUT2D eigenvalue weighted by molar-refractivity contribution is 0.0728. The van der Waals surface area contributed by atoms with E-state index >= 15 is 0 Å². The summed E-state index contributed by atoms with van der Waals surface area (Å²) in [5.74, 6) is -0.516. The van der Waals surface area contributed by atoms with Gasteiger partial charge in [0.1, 0.15) is 11.6 Å². The number of aromatic amines is 1. The molecule has 2 aliphatic rings. The highest BCUT2D eigenvalue weighted by Crippen LogP contribution is 2.31. The Bertz CT molecular complexity index is 1280. The zero-order chi connectivity index (χ0) is 22.9. The number of rotatable bonds is 3. The lowest BCUT2D eigenvalue weighted by Gasteiger charge is -2.29. The van der Waals surface area contributed by atoms with E-state index in [4.69, 9.17) is 4.98 Å². The molecule has 168 valence electrons. The number of hydrogen-bond acceptors (Lipinski definition) is 5. The Balaban J connectivity index is 1.42. The summed E-state index contributed by atoms with van der Waals surface area (Å²) in [5.41, 5.74) is 1.67. The van der Waals surface area contributed by atoms with Crippen LogP contribution in [0.15, 0.2) is 53.6 Å². The first kappa shape index (κ1) is 21.0. The Morgan fingerprint density at radius 3 is 2.67 bits per heavy atom. The number of halogens is 1. The van der Waals surface area contributed by atoms with Crippen molar-refractivity contribution in [1.29, 1.82) is 0 Å². The number of fused-ring (bicyclic) bond motifs is 1. The van der Waals surface area contributed by atoms with Crippen LogP contribution in [-0.2, 0) is 13.0 Å². The third kappa shape index (κ3) is 4.02. The van der Waals surface area contributed by atoms with E-state index in [1.807, 2.05) is 0 Å². The zero-order valence-corrected chi connectivity index (χ0v) is 17.8. The highest BCUT2D eigenvalue weighted by atomic mass is 19.1. The number of aromatic nitrogens is 3. The molecule has 33 heavy (non-hydrogen) atoms. The monoisotopic (exact) mass is 447 g/mol. The maximum atomic E-state index is 13.6. The maximum Gasteiger partial charge on any atom is 0.254 e. The van der Waals surface area contributed by atoms with Crippen LogP contribution >= 0.6 is 0 Å². The quantitative estimate of drug-likeness (QED) is 0.665. The van der Waals surface area contributed by atoms with Crippen LogP contribution in [0, 0.1) is 5.82 Å². The van der Waals surface area contributed by atoms with Gasteiger partial charge < -0.3 is 14.8 Å². The summed E-state index contributed by atoms with van der Waals surface area (Å²) in [6.07, 6.45) is 4.93. The smallest absolute Gasteiger partial charge is 0.254 e. The van der Waals surface area contributed by atoms with Gasteiger partial charge in [0, 0.05) is 42.2 Å². The molecule has 2 amide bonds. The molecule has 2 aliphatic heterocycles. The van der Waals surface area contributed by atoms with Crippen LogP contribution in [0.5, 0.6) is 0 Å². The van der Waals surface area contributed by atoms with Gasteiger partial charge in [-0.25, -0.2) is 9.37 Å². The first-order valence-electron chi connectivity index (χ1n) is 10.9. The summed E-state index contributed by atoms with van der Waals surface area (Å²) >= 11 is 0. The highest BCUT2D eigenvalue weighted by molar-refractivity contribution is 5.95. The van der Waals surface area contributed by atoms with E-state index in [0.717, 1.165) is 6.42 Å². The zero-order valence-electron chi connectivity index (χ0n) is 17.8. The SMILES string of the molecule is O=C(c1ccncc1)N1CCc2c(nc([C@H]3CCCN3C(=O)c3cccc(F)c3)[nH]c2=O)C1. The van der Waals surface area contributed by atoms with Crippen LogP contribution in [0.3, 0.4) is 0 Å². The largest absolute Gasteiger partial charge is 0.332 e. The van der Waals surface area contributed by atoms with Gasteiger partial charge in [-0.05, 0) is 49.6 Å². The molecule has 3 aromatic rings. The molecule has 1 atom stereocenters. The summed E-state index contributed by atoms with van der Waals surface area (Å²) in [6.45, 7) is 1.14. The minimum atomic E-state index is -0.476.